The number of nitrogens with one attached hydrogen (secondary N) is 1. The molecule has 1 saturated heterocycles. The fraction of sp³-hybridized carbons (Fsp3) is 0.524. The number of fused-ring (bicyclic) bond motifs is 1. The molecule has 1 aromatic carbocycles. The third-order valence-corrected chi connectivity index (χ3v) is 4.89. The van der Waals surface area contributed by atoms with Gasteiger partial charge in [-0.25, -0.2) is 0 Å². The Morgan fingerprint density at radius 3 is 2.16 bits per heavy atom. The van der Waals surface area contributed by atoms with Crippen LogP contribution >= 0.6 is 0 Å². The first-order valence-electron chi connectivity index (χ1n) is 10.4. The molecule has 1 aromatic rings. The average Bonchev–Trinajstić information content (AvgIpc) is 3.02. The van der Waals surface area contributed by atoms with Crippen LogP contribution < -0.4 is 10.1 Å². The first kappa shape index (κ1) is 23.8. The fourth-order valence-electron chi connectivity index (χ4n) is 3.36. The quantitative estimate of drug-likeness (QED) is 0.301. The van der Waals surface area contributed by atoms with E-state index in [-0.39, 0.29) is 43.8 Å². The van der Waals surface area contributed by atoms with E-state index in [1.807, 2.05) is 0 Å². The second-order valence-corrected chi connectivity index (χ2v) is 7.06. The molecule has 0 radical (unpaired) electrons. The molecule has 0 bridgehead atoms. The van der Waals surface area contributed by atoms with Gasteiger partial charge in [0.15, 0.2) is 0 Å². The predicted octanol–water partition coefficient (Wildman–Crippen LogP) is -0.491. The van der Waals surface area contributed by atoms with Gasteiger partial charge in [-0.15, -0.1) is 0 Å². The lowest BCUT2D eigenvalue weighted by Gasteiger charge is -2.27. The number of nitrogens with zero attached hydrogens (tertiary/aromatic N) is 1. The highest BCUT2D eigenvalue weighted by Crippen LogP contribution is 2.30. The lowest BCUT2D eigenvalue weighted by Crippen LogP contribution is -2.54. The van der Waals surface area contributed by atoms with Gasteiger partial charge in [-0.05, 0) is 24.6 Å². The molecule has 4 amide bonds. The van der Waals surface area contributed by atoms with Gasteiger partial charge in [0, 0.05) is 6.42 Å². The number of aliphatic hydroxyl groups excluding tert-OH is 1. The molecule has 2 aliphatic rings. The van der Waals surface area contributed by atoms with Crippen molar-refractivity contribution in [1.29, 1.82) is 0 Å². The van der Waals surface area contributed by atoms with Crippen LogP contribution in [0, 0.1) is 0 Å². The van der Waals surface area contributed by atoms with Crippen molar-refractivity contribution in [3.63, 3.8) is 0 Å². The van der Waals surface area contributed by atoms with E-state index in [4.69, 9.17) is 24.1 Å². The van der Waals surface area contributed by atoms with Crippen molar-refractivity contribution in [2.75, 3.05) is 52.9 Å². The van der Waals surface area contributed by atoms with Crippen molar-refractivity contribution in [2.45, 2.75) is 18.9 Å². The number of aliphatic hydroxyl groups is 1. The number of rotatable bonds is 13. The fourth-order valence-corrected chi connectivity index (χ4v) is 3.36. The molecule has 2 N–H and O–H groups in total. The Bertz CT molecular complexity index is 858. The smallest absolute Gasteiger partial charge is 0.262 e. The molecule has 11 heteroatoms. The molecule has 11 nitrogen and oxygen atoms in total. The zero-order chi connectivity index (χ0) is 22.9. The van der Waals surface area contributed by atoms with Crippen LogP contribution in [0.5, 0.6) is 5.75 Å². The van der Waals surface area contributed by atoms with Crippen LogP contribution in [0.2, 0.25) is 0 Å². The summed E-state index contributed by atoms with van der Waals surface area (Å²) in [5.74, 6) is -1.81. The first-order valence-corrected chi connectivity index (χ1v) is 10.4. The maximum Gasteiger partial charge on any atom is 0.262 e. The van der Waals surface area contributed by atoms with Gasteiger partial charge in [0.2, 0.25) is 11.8 Å². The van der Waals surface area contributed by atoms with Gasteiger partial charge in [-0.3, -0.25) is 29.4 Å². The summed E-state index contributed by atoms with van der Waals surface area (Å²) in [6.07, 6.45) is 0.178. The largest absolute Gasteiger partial charge is 0.491 e. The summed E-state index contributed by atoms with van der Waals surface area (Å²) in [6, 6.07) is 3.54. The minimum absolute atomic E-state index is 0.0180. The van der Waals surface area contributed by atoms with Gasteiger partial charge < -0.3 is 24.1 Å². The van der Waals surface area contributed by atoms with E-state index in [2.05, 4.69) is 5.32 Å². The van der Waals surface area contributed by atoms with Gasteiger partial charge in [0.25, 0.3) is 11.8 Å². The van der Waals surface area contributed by atoms with E-state index in [9.17, 15) is 19.2 Å². The number of ether oxygens (including phenoxy) is 4. The Balaban J connectivity index is 1.42. The molecular formula is C21H26N2O9. The van der Waals surface area contributed by atoms with E-state index in [1.54, 1.807) is 6.07 Å². The Hall–Kier alpha value is -2.86. The zero-order valence-corrected chi connectivity index (χ0v) is 17.5. The number of carbonyl (C=O) groups is 4. The summed E-state index contributed by atoms with van der Waals surface area (Å²) in [5.41, 5.74) is 0.360. The molecule has 1 unspecified atom stereocenters. The standard InChI is InChI=1S/C21H26N2O9/c24-5-6-29-7-8-30-9-10-31-11-12-32-14-1-2-15-16(13-14)21(28)23(20(15)27)17-3-4-18(25)22-19(17)26/h1-2,13,17,24H,3-12H2,(H,22,25,26). The first-order chi connectivity index (χ1) is 15.5. The molecular weight excluding hydrogens is 424 g/mol. The molecule has 0 aromatic heterocycles. The summed E-state index contributed by atoms with van der Waals surface area (Å²) < 4.78 is 21.3. The maximum absolute atomic E-state index is 12.8. The molecule has 2 aliphatic heterocycles. The molecule has 0 saturated carbocycles. The van der Waals surface area contributed by atoms with Crippen LogP contribution in [0.25, 0.3) is 0 Å². The van der Waals surface area contributed by atoms with E-state index in [1.165, 1.54) is 12.1 Å². The van der Waals surface area contributed by atoms with Gasteiger partial charge in [0.1, 0.15) is 18.4 Å². The van der Waals surface area contributed by atoms with E-state index in [0.29, 0.717) is 38.8 Å². The summed E-state index contributed by atoms with van der Waals surface area (Å²) in [5, 5.41) is 10.7. The minimum Gasteiger partial charge on any atom is -0.491 e. The van der Waals surface area contributed by atoms with Crippen molar-refractivity contribution in [2.24, 2.45) is 0 Å². The Kier molecular flexibility index (Phi) is 8.68. The van der Waals surface area contributed by atoms with Crippen molar-refractivity contribution in [1.82, 2.24) is 10.2 Å². The molecule has 2 heterocycles. The summed E-state index contributed by atoms with van der Waals surface area (Å²) in [7, 11) is 0. The van der Waals surface area contributed by atoms with Gasteiger partial charge in [-0.1, -0.05) is 0 Å². The van der Waals surface area contributed by atoms with Crippen LogP contribution in [0.15, 0.2) is 18.2 Å². The third kappa shape index (κ3) is 5.88. The van der Waals surface area contributed by atoms with Crippen molar-refractivity contribution >= 4 is 23.6 Å². The van der Waals surface area contributed by atoms with Crippen molar-refractivity contribution in [3.8, 4) is 5.75 Å². The molecule has 0 aliphatic carbocycles. The number of benzene rings is 1. The monoisotopic (exact) mass is 450 g/mol. The average molecular weight is 450 g/mol. The number of amides is 4. The Morgan fingerprint density at radius 1 is 0.875 bits per heavy atom. The molecule has 1 atom stereocenters. The van der Waals surface area contributed by atoms with Crippen molar-refractivity contribution < 1.29 is 43.2 Å². The maximum atomic E-state index is 12.8. The summed E-state index contributed by atoms with van der Waals surface area (Å²) in [4.78, 5) is 49.8. The van der Waals surface area contributed by atoms with Gasteiger partial charge >= 0.3 is 0 Å². The number of imide groups is 2. The predicted molar refractivity (Wildman–Crippen MR) is 108 cm³/mol. The molecule has 3 rings (SSSR count). The van der Waals surface area contributed by atoms with E-state index in [0.717, 1.165) is 4.90 Å². The molecule has 0 spiro atoms. The zero-order valence-electron chi connectivity index (χ0n) is 17.5. The number of hydrogen-bond acceptors (Lipinski definition) is 9. The highest BCUT2D eigenvalue weighted by molar-refractivity contribution is 6.23. The van der Waals surface area contributed by atoms with Crippen LogP contribution in [0.4, 0.5) is 0 Å². The highest BCUT2D eigenvalue weighted by Gasteiger charge is 2.44. The van der Waals surface area contributed by atoms with Gasteiger partial charge in [-0.2, -0.15) is 0 Å². The number of hydrogen-bond donors (Lipinski definition) is 2. The SMILES string of the molecule is O=C1CCC(N2C(=O)c3ccc(OCCOCCOCCOCCO)cc3C2=O)C(=O)N1. The van der Waals surface area contributed by atoms with E-state index >= 15 is 0 Å². The lowest BCUT2D eigenvalue weighted by atomic mass is 10.0. The topological polar surface area (TPSA) is 141 Å². The number of carbonyl (C=O) groups excluding carboxylic acids is 4. The molecule has 174 valence electrons. The molecule has 32 heavy (non-hydrogen) atoms. The summed E-state index contributed by atoms with van der Waals surface area (Å²) in [6.45, 7) is 2.40. The molecule has 1 fully saturated rings. The second kappa shape index (κ2) is 11.7. The van der Waals surface area contributed by atoms with E-state index < -0.39 is 29.7 Å². The normalized spacial score (nSPS) is 18.2. The van der Waals surface area contributed by atoms with Crippen LogP contribution in [-0.2, 0) is 23.8 Å². The van der Waals surface area contributed by atoms with Crippen molar-refractivity contribution in [3.05, 3.63) is 29.3 Å². The van der Waals surface area contributed by atoms with Crippen LogP contribution in [0.3, 0.4) is 0 Å². The number of piperidine rings is 1. The van der Waals surface area contributed by atoms with Crippen LogP contribution in [-0.4, -0.2) is 92.5 Å². The van der Waals surface area contributed by atoms with Gasteiger partial charge in [0.05, 0.1) is 57.4 Å². The minimum atomic E-state index is -0.999. The highest BCUT2D eigenvalue weighted by atomic mass is 16.6. The Labute approximate surface area is 184 Å². The summed E-state index contributed by atoms with van der Waals surface area (Å²) >= 11 is 0. The second-order valence-electron chi connectivity index (χ2n) is 7.06. The Morgan fingerprint density at radius 2 is 1.50 bits per heavy atom. The van der Waals surface area contributed by atoms with Crippen LogP contribution in [0.1, 0.15) is 33.6 Å². The lowest BCUT2D eigenvalue weighted by molar-refractivity contribution is -0.136. The third-order valence-electron chi connectivity index (χ3n) is 4.89.